The number of nitrogens with two attached hydrogens (primary N) is 1. The summed E-state index contributed by atoms with van der Waals surface area (Å²) in [5.41, 5.74) is 6.63. The molecule has 0 saturated carbocycles. The van der Waals surface area contributed by atoms with Crippen LogP contribution < -0.4 is 5.73 Å². The van der Waals surface area contributed by atoms with Crippen molar-refractivity contribution in [2.24, 2.45) is 18.7 Å². The maximum Gasteiger partial charge on any atom is 0.0966 e. The maximum absolute atomic E-state index is 5.61. The van der Waals surface area contributed by atoms with Gasteiger partial charge in [-0.15, -0.1) is 5.10 Å². The highest BCUT2D eigenvalue weighted by molar-refractivity contribution is 4.91. The molecule has 0 aliphatic carbocycles. The summed E-state index contributed by atoms with van der Waals surface area (Å²) in [4.78, 5) is 2.33. The van der Waals surface area contributed by atoms with Crippen molar-refractivity contribution in [3.63, 3.8) is 0 Å². The first kappa shape index (κ1) is 12.1. The molecule has 1 aromatic rings. The van der Waals surface area contributed by atoms with Crippen LogP contribution in [-0.2, 0) is 13.6 Å². The van der Waals surface area contributed by atoms with Crippen LogP contribution in [0.15, 0.2) is 6.20 Å². The Morgan fingerprint density at radius 1 is 1.60 bits per heavy atom. The van der Waals surface area contributed by atoms with Crippen LogP contribution in [0.3, 0.4) is 0 Å². The van der Waals surface area contributed by atoms with Crippen molar-refractivity contribution in [1.29, 1.82) is 0 Å². The van der Waals surface area contributed by atoms with Gasteiger partial charge in [-0.05, 0) is 19.0 Å². The molecule has 86 valence electrons. The molecule has 0 aromatic carbocycles. The molecule has 15 heavy (non-hydrogen) atoms. The van der Waals surface area contributed by atoms with Gasteiger partial charge in [-0.1, -0.05) is 19.1 Å². The molecule has 1 atom stereocenters. The summed E-state index contributed by atoms with van der Waals surface area (Å²) in [7, 11) is 1.88. The molecule has 1 aromatic heterocycles. The SMILES string of the molecule is CCN(Cc1cn(C)nn1)CC(C)CN. The van der Waals surface area contributed by atoms with Crippen LogP contribution >= 0.6 is 0 Å². The Labute approximate surface area is 91.2 Å². The van der Waals surface area contributed by atoms with Gasteiger partial charge in [-0.3, -0.25) is 9.58 Å². The van der Waals surface area contributed by atoms with Gasteiger partial charge >= 0.3 is 0 Å². The summed E-state index contributed by atoms with van der Waals surface area (Å²) < 4.78 is 1.73. The molecule has 0 fully saturated rings. The van der Waals surface area contributed by atoms with Crippen molar-refractivity contribution in [3.8, 4) is 0 Å². The number of hydrogen-bond acceptors (Lipinski definition) is 4. The highest BCUT2D eigenvalue weighted by Crippen LogP contribution is 2.03. The fourth-order valence-corrected chi connectivity index (χ4v) is 1.52. The highest BCUT2D eigenvalue weighted by atomic mass is 15.4. The van der Waals surface area contributed by atoms with Crippen LogP contribution in [0.2, 0.25) is 0 Å². The first-order chi connectivity index (χ1) is 7.15. The van der Waals surface area contributed by atoms with E-state index >= 15 is 0 Å². The Kier molecular flexibility index (Phi) is 4.71. The van der Waals surface area contributed by atoms with Crippen molar-refractivity contribution in [3.05, 3.63) is 11.9 Å². The summed E-state index contributed by atoms with van der Waals surface area (Å²) in [6, 6.07) is 0. The van der Waals surface area contributed by atoms with E-state index in [-0.39, 0.29) is 0 Å². The van der Waals surface area contributed by atoms with E-state index in [4.69, 9.17) is 5.73 Å². The van der Waals surface area contributed by atoms with Gasteiger partial charge in [0, 0.05) is 26.3 Å². The van der Waals surface area contributed by atoms with Crippen molar-refractivity contribution >= 4 is 0 Å². The van der Waals surface area contributed by atoms with Crippen LogP contribution in [0.5, 0.6) is 0 Å². The lowest BCUT2D eigenvalue weighted by Gasteiger charge is -2.22. The van der Waals surface area contributed by atoms with E-state index in [1.807, 2.05) is 13.2 Å². The monoisotopic (exact) mass is 211 g/mol. The molecule has 0 aliphatic rings. The number of hydrogen-bond donors (Lipinski definition) is 1. The summed E-state index contributed by atoms with van der Waals surface area (Å²) >= 11 is 0. The zero-order valence-electron chi connectivity index (χ0n) is 9.85. The number of aryl methyl sites for hydroxylation is 1. The summed E-state index contributed by atoms with van der Waals surface area (Å²) in [6.07, 6.45) is 1.95. The average molecular weight is 211 g/mol. The topological polar surface area (TPSA) is 60.0 Å². The number of aromatic nitrogens is 3. The second-order valence-corrected chi connectivity index (χ2v) is 4.05. The van der Waals surface area contributed by atoms with E-state index in [2.05, 4.69) is 29.1 Å². The quantitative estimate of drug-likeness (QED) is 0.732. The Morgan fingerprint density at radius 3 is 2.80 bits per heavy atom. The lowest BCUT2D eigenvalue weighted by atomic mass is 10.1. The zero-order chi connectivity index (χ0) is 11.3. The summed E-state index contributed by atoms with van der Waals surface area (Å²) in [5.74, 6) is 0.529. The molecule has 0 aliphatic heterocycles. The lowest BCUT2D eigenvalue weighted by Crippen LogP contribution is -2.31. The first-order valence-corrected chi connectivity index (χ1v) is 5.43. The third kappa shape index (κ3) is 3.97. The Morgan fingerprint density at radius 2 is 2.33 bits per heavy atom. The van der Waals surface area contributed by atoms with E-state index in [1.165, 1.54) is 0 Å². The van der Waals surface area contributed by atoms with E-state index in [1.54, 1.807) is 4.68 Å². The third-order valence-electron chi connectivity index (χ3n) is 2.46. The minimum Gasteiger partial charge on any atom is -0.330 e. The van der Waals surface area contributed by atoms with Gasteiger partial charge < -0.3 is 5.73 Å². The van der Waals surface area contributed by atoms with Gasteiger partial charge in [0.15, 0.2) is 0 Å². The molecular weight excluding hydrogens is 190 g/mol. The molecular formula is C10H21N5. The second kappa shape index (κ2) is 5.82. The minimum absolute atomic E-state index is 0.529. The molecule has 2 N–H and O–H groups in total. The normalized spacial score (nSPS) is 13.4. The second-order valence-electron chi connectivity index (χ2n) is 4.05. The molecule has 0 amide bonds. The standard InChI is InChI=1S/C10H21N5/c1-4-15(6-9(2)5-11)8-10-7-14(3)13-12-10/h7,9H,4-6,8,11H2,1-3H3. The van der Waals surface area contributed by atoms with Crippen LogP contribution in [0, 0.1) is 5.92 Å². The largest absolute Gasteiger partial charge is 0.330 e. The van der Waals surface area contributed by atoms with E-state index < -0.39 is 0 Å². The molecule has 0 bridgehead atoms. The van der Waals surface area contributed by atoms with Crippen LogP contribution in [0.25, 0.3) is 0 Å². The minimum atomic E-state index is 0.529. The van der Waals surface area contributed by atoms with Crippen molar-refractivity contribution < 1.29 is 0 Å². The van der Waals surface area contributed by atoms with Gasteiger partial charge in [-0.25, -0.2) is 0 Å². The molecule has 1 heterocycles. The summed E-state index contributed by atoms with van der Waals surface area (Å²) in [6.45, 7) is 7.94. The van der Waals surface area contributed by atoms with Gasteiger partial charge in [0.2, 0.25) is 0 Å². The molecule has 1 rings (SSSR count). The smallest absolute Gasteiger partial charge is 0.0966 e. The molecule has 5 nitrogen and oxygen atoms in total. The van der Waals surface area contributed by atoms with Crippen molar-refractivity contribution in [2.75, 3.05) is 19.6 Å². The number of nitrogens with zero attached hydrogens (tertiary/aromatic N) is 4. The molecule has 0 saturated heterocycles. The van der Waals surface area contributed by atoms with Gasteiger partial charge in [0.25, 0.3) is 0 Å². The van der Waals surface area contributed by atoms with Crippen molar-refractivity contribution in [2.45, 2.75) is 20.4 Å². The Hall–Kier alpha value is -0.940. The van der Waals surface area contributed by atoms with E-state index in [9.17, 15) is 0 Å². The Balaban J connectivity index is 2.46. The van der Waals surface area contributed by atoms with Crippen LogP contribution in [0.1, 0.15) is 19.5 Å². The number of rotatable bonds is 6. The molecule has 1 unspecified atom stereocenters. The fraction of sp³-hybridized carbons (Fsp3) is 0.800. The highest BCUT2D eigenvalue weighted by Gasteiger charge is 2.09. The molecule has 0 spiro atoms. The third-order valence-corrected chi connectivity index (χ3v) is 2.46. The van der Waals surface area contributed by atoms with Crippen molar-refractivity contribution in [1.82, 2.24) is 19.9 Å². The first-order valence-electron chi connectivity index (χ1n) is 5.43. The lowest BCUT2D eigenvalue weighted by molar-refractivity contribution is 0.240. The summed E-state index contributed by atoms with van der Waals surface area (Å²) in [5, 5.41) is 8.00. The zero-order valence-corrected chi connectivity index (χ0v) is 9.85. The fourth-order valence-electron chi connectivity index (χ4n) is 1.52. The van der Waals surface area contributed by atoms with Gasteiger partial charge in [-0.2, -0.15) is 0 Å². The Bertz CT molecular complexity index is 283. The molecule has 0 radical (unpaired) electrons. The average Bonchev–Trinajstić information content (AvgIpc) is 2.62. The maximum atomic E-state index is 5.61. The molecule has 5 heteroatoms. The predicted molar refractivity (Wildman–Crippen MR) is 60.2 cm³/mol. The van der Waals surface area contributed by atoms with Crippen LogP contribution in [0.4, 0.5) is 0 Å². The van der Waals surface area contributed by atoms with E-state index in [0.717, 1.165) is 31.9 Å². The van der Waals surface area contributed by atoms with Crippen LogP contribution in [-0.4, -0.2) is 39.5 Å². The van der Waals surface area contributed by atoms with E-state index in [0.29, 0.717) is 5.92 Å². The predicted octanol–water partition coefficient (Wildman–Crippen LogP) is 0.232. The van der Waals surface area contributed by atoms with Gasteiger partial charge in [0.1, 0.15) is 0 Å². The van der Waals surface area contributed by atoms with Gasteiger partial charge in [0.05, 0.1) is 5.69 Å².